The summed E-state index contributed by atoms with van der Waals surface area (Å²) in [4.78, 5) is 25.5. The summed E-state index contributed by atoms with van der Waals surface area (Å²) in [6.07, 6.45) is 4.26. The molecule has 1 aromatic carbocycles. The average Bonchev–Trinajstić information content (AvgIpc) is 3.05. The highest BCUT2D eigenvalue weighted by Crippen LogP contribution is 2.34. The summed E-state index contributed by atoms with van der Waals surface area (Å²) < 4.78 is 0. The molecule has 2 saturated heterocycles. The number of amides is 1. The third-order valence-corrected chi connectivity index (χ3v) is 5.41. The van der Waals surface area contributed by atoms with Crippen LogP contribution in [0.1, 0.15) is 36.2 Å². The van der Waals surface area contributed by atoms with Crippen LogP contribution in [0.3, 0.4) is 0 Å². The van der Waals surface area contributed by atoms with Gasteiger partial charge in [-0.15, -0.1) is 0 Å². The number of fused-ring (bicyclic) bond motifs is 3. The highest BCUT2D eigenvalue weighted by Gasteiger charge is 2.39. The molecule has 4 rings (SSSR count). The Bertz CT molecular complexity index is 803. The van der Waals surface area contributed by atoms with Gasteiger partial charge >= 0.3 is 0 Å². The van der Waals surface area contributed by atoms with E-state index in [1.165, 1.54) is 25.0 Å². The molecular weight excluding hydrogens is 310 g/mol. The molecule has 2 bridgehead atoms. The van der Waals surface area contributed by atoms with E-state index in [0.29, 0.717) is 23.0 Å². The topological polar surface area (TPSA) is 104 Å². The van der Waals surface area contributed by atoms with Crippen LogP contribution in [0.2, 0.25) is 0 Å². The predicted octanol–water partition coefficient (Wildman–Crippen LogP) is 1.83. The number of hydrogen-bond donors (Lipinski definition) is 2. The first-order valence-electron chi connectivity index (χ1n) is 8.18. The van der Waals surface area contributed by atoms with Crippen LogP contribution in [0.15, 0.2) is 18.2 Å². The van der Waals surface area contributed by atoms with Crippen LogP contribution in [-0.4, -0.2) is 51.1 Å². The normalized spacial score (nSPS) is 26.6. The molecule has 126 valence electrons. The van der Waals surface area contributed by atoms with E-state index in [0.717, 1.165) is 12.8 Å². The molecule has 0 saturated carbocycles. The third-order valence-electron chi connectivity index (χ3n) is 5.41. The SMILES string of the molecule is CN1[C@@H]2CC[C@H]1C[C@@H](NC(=O)c1n[nH]c3ccc([N+](=O)[O-])cc13)C2. The van der Waals surface area contributed by atoms with Crippen LogP contribution in [0.4, 0.5) is 5.69 Å². The number of hydrogen-bond acceptors (Lipinski definition) is 5. The van der Waals surface area contributed by atoms with Crippen molar-refractivity contribution in [1.82, 2.24) is 20.4 Å². The molecule has 0 spiro atoms. The summed E-state index contributed by atoms with van der Waals surface area (Å²) in [5.41, 5.74) is 0.796. The number of non-ortho nitro benzene ring substituents is 1. The molecule has 1 amide bonds. The number of H-pyrrole nitrogens is 1. The Morgan fingerprint density at radius 2 is 2.08 bits per heavy atom. The van der Waals surface area contributed by atoms with Crippen LogP contribution in [0.25, 0.3) is 10.9 Å². The van der Waals surface area contributed by atoms with Crippen molar-refractivity contribution in [2.24, 2.45) is 0 Å². The maximum Gasteiger partial charge on any atom is 0.272 e. The van der Waals surface area contributed by atoms with Crippen molar-refractivity contribution in [3.8, 4) is 0 Å². The molecule has 2 aliphatic rings. The van der Waals surface area contributed by atoms with E-state index in [1.807, 2.05) is 0 Å². The largest absolute Gasteiger partial charge is 0.348 e. The molecule has 0 radical (unpaired) electrons. The van der Waals surface area contributed by atoms with Gasteiger partial charge in [-0.05, 0) is 38.8 Å². The molecule has 3 heterocycles. The Labute approximate surface area is 138 Å². The zero-order chi connectivity index (χ0) is 16.8. The van der Waals surface area contributed by atoms with Gasteiger partial charge in [0.1, 0.15) is 0 Å². The lowest BCUT2D eigenvalue weighted by atomic mass is 9.98. The van der Waals surface area contributed by atoms with Gasteiger partial charge in [-0.2, -0.15) is 5.10 Å². The molecule has 2 fully saturated rings. The van der Waals surface area contributed by atoms with Crippen molar-refractivity contribution < 1.29 is 9.72 Å². The molecule has 2 aromatic rings. The number of piperidine rings is 1. The molecule has 3 atom stereocenters. The second kappa shape index (κ2) is 5.55. The first-order chi connectivity index (χ1) is 11.5. The molecule has 24 heavy (non-hydrogen) atoms. The summed E-state index contributed by atoms with van der Waals surface area (Å²) >= 11 is 0. The first-order valence-corrected chi connectivity index (χ1v) is 8.18. The van der Waals surface area contributed by atoms with Gasteiger partial charge in [0.2, 0.25) is 0 Å². The number of nitro benzene ring substituents is 1. The lowest BCUT2D eigenvalue weighted by Gasteiger charge is -2.36. The summed E-state index contributed by atoms with van der Waals surface area (Å²) in [7, 11) is 2.15. The van der Waals surface area contributed by atoms with Crippen LogP contribution >= 0.6 is 0 Å². The number of aromatic amines is 1. The Balaban J connectivity index is 1.55. The highest BCUT2D eigenvalue weighted by atomic mass is 16.6. The lowest BCUT2D eigenvalue weighted by molar-refractivity contribution is -0.384. The van der Waals surface area contributed by atoms with E-state index in [9.17, 15) is 14.9 Å². The fraction of sp³-hybridized carbons (Fsp3) is 0.500. The van der Waals surface area contributed by atoms with Gasteiger partial charge in [0.25, 0.3) is 11.6 Å². The van der Waals surface area contributed by atoms with E-state index in [4.69, 9.17) is 0 Å². The minimum absolute atomic E-state index is 0.0460. The van der Waals surface area contributed by atoms with Gasteiger partial charge in [0.05, 0.1) is 10.4 Å². The third kappa shape index (κ3) is 2.43. The molecular formula is C16H19N5O3. The van der Waals surface area contributed by atoms with Gasteiger partial charge in [0, 0.05) is 35.6 Å². The number of nitrogens with zero attached hydrogens (tertiary/aromatic N) is 3. The van der Waals surface area contributed by atoms with Gasteiger partial charge in [-0.3, -0.25) is 20.0 Å². The molecule has 0 unspecified atom stereocenters. The van der Waals surface area contributed by atoms with Crippen LogP contribution in [-0.2, 0) is 0 Å². The number of benzene rings is 1. The van der Waals surface area contributed by atoms with Gasteiger partial charge in [-0.1, -0.05) is 0 Å². The second-order valence-corrected chi connectivity index (χ2v) is 6.75. The van der Waals surface area contributed by atoms with E-state index in [2.05, 4.69) is 27.5 Å². The number of nitrogens with one attached hydrogen (secondary N) is 2. The van der Waals surface area contributed by atoms with Crippen molar-refractivity contribution in [1.29, 1.82) is 0 Å². The lowest BCUT2D eigenvalue weighted by Crippen LogP contribution is -2.48. The van der Waals surface area contributed by atoms with Gasteiger partial charge in [0.15, 0.2) is 5.69 Å². The fourth-order valence-corrected chi connectivity index (χ4v) is 4.07. The Kier molecular flexibility index (Phi) is 3.49. The number of carbonyl (C=O) groups excluding carboxylic acids is 1. The van der Waals surface area contributed by atoms with E-state index >= 15 is 0 Å². The number of rotatable bonds is 3. The molecule has 0 aliphatic carbocycles. The molecule has 8 nitrogen and oxygen atoms in total. The van der Waals surface area contributed by atoms with E-state index < -0.39 is 4.92 Å². The maximum absolute atomic E-state index is 12.6. The van der Waals surface area contributed by atoms with Crippen molar-refractivity contribution in [3.05, 3.63) is 34.0 Å². The molecule has 2 aliphatic heterocycles. The van der Waals surface area contributed by atoms with Gasteiger partial charge in [-0.25, -0.2) is 0 Å². The Morgan fingerprint density at radius 3 is 2.75 bits per heavy atom. The maximum atomic E-state index is 12.6. The van der Waals surface area contributed by atoms with Crippen LogP contribution in [0.5, 0.6) is 0 Å². The summed E-state index contributed by atoms with van der Waals surface area (Å²) in [6.45, 7) is 0. The van der Waals surface area contributed by atoms with E-state index in [-0.39, 0.29) is 23.3 Å². The zero-order valence-corrected chi connectivity index (χ0v) is 13.4. The Morgan fingerprint density at radius 1 is 1.38 bits per heavy atom. The van der Waals surface area contributed by atoms with Crippen molar-refractivity contribution in [2.45, 2.75) is 43.8 Å². The number of nitro groups is 1. The molecule has 2 N–H and O–H groups in total. The van der Waals surface area contributed by atoms with Crippen molar-refractivity contribution >= 4 is 22.5 Å². The monoisotopic (exact) mass is 329 g/mol. The Hall–Kier alpha value is -2.48. The quantitative estimate of drug-likeness (QED) is 0.660. The summed E-state index contributed by atoms with van der Waals surface area (Å²) in [5, 5.41) is 21.3. The molecule has 8 heteroatoms. The van der Waals surface area contributed by atoms with Crippen molar-refractivity contribution in [3.63, 3.8) is 0 Å². The van der Waals surface area contributed by atoms with Crippen LogP contribution < -0.4 is 5.32 Å². The fourth-order valence-electron chi connectivity index (χ4n) is 4.07. The number of carbonyl (C=O) groups is 1. The minimum Gasteiger partial charge on any atom is -0.348 e. The predicted molar refractivity (Wildman–Crippen MR) is 87.8 cm³/mol. The minimum atomic E-state index is -0.469. The summed E-state index contributed by atoms with van der Waals surface area (Å²) in [6, 6.07) is 5.57. The zero-order valence-electron chi connectivity index (χ0n) is 13.4. The smallest absolute Gasteiger partial charge is 0.272 e. The average molecular weight is 329 g/mol. The summed E-state index contributed by atoms with van der Waals surface area (Å²) in [5.74, 6) is -0.268. The van der Waals surface area contributed by atoms with Crippen molar-refractivity contribution in [2.75, 3.05) is 7.05 Å². The first kappa shape index (κ1) is 15.1. The number of aromatic nitrogens is 2. The second-order valence-electron chi connectivity index (χ2n) is 6.75. The standard InChI is InChI=1S/C16H19N5O3/c1-20-10-2-3-11(20)7-9(6-10)17-16(22)15-13-8-12(21(23)24)4-5-14(13)18-19-15/h4-5,8-11H,2-3,6-7H2,1H3,(H,17,22)(H,18,19)/t9-,10+,11-. The van der Waals surface area contributed by atoms with Gasteiger partial charge < -0.3 is 10.2 Å². The van der Waals surface area contributed by atoms with E-state index in [1.54, 1.807) is 6.07 Å². The van der Waals surface area contributed by atoms with Crippen LogP contribution in [0, 0.1) is 10.1 Å². The molecule has 1 aromatic heterocycles. The highest BCUT2D eigenvalue weighted by molar-refractivity contribution is 6.05.